The lowest BCUT2D eigenvalue weighted by Crippen LogP contribution is -2.39. The second-order valence-electron chi connectivity index (χ2n) is 2.32. The lowest BCUT2D eigenvalue weighted by molar-refractivity contribution is -0.0813. The summed E-state index contributed by atoms with van der Waals surface area (Å²) in [7, 11) is 0. The highest BCUT2D eigenvalue weighted by Crippen LogP contribution is 2.02. The van der Waals surface area contributed by atoms with Gasteiger partial charge in [-0.05, 0) is 6.42 Å². The highest BCUT2D eigenvalue weighted by molar-refractivity contribution is 5.85. The predicted octanol–water partition coefficient (Wildman–Crippen LogP) is -1.71. The average Bonchev–Trinajstić information content (AvgIpc) is 2.02. The quantitative estimate of drug-likeness (QED) is 0.393. The molecule has 0 aromatic rings. The first kappa shape index (κ1) is 19.0. The molecule has 5 nitrogen and oxygen atoms in total. The Morgan fingerprint density at radius 3 is 1.62 bits per heavy atom. The third kappa shape index (κ3) is 7.45. The highest BCUT2D eigenvalue weighted by atomic mass is 35.5. The predicted molar refractivity (Wildman–Crippen MR) is 51.3 cm³/mol. The lowest BCUT2D eigenvalue weighted by Gasteiger charge is -2.20. The van der Waals surface area contributed by atoms with E-state index in [0.717, 1.165) is 0 Å². The minimum atomic E-state index is -1.40. The molecule has 0 amide bonds. The molecule has 0 fully saturated rings. The van der Waals surface area contributed by atoms with Crippen molar-refractivity contribution in [1.82, 2.24) is 0 Å². The van der Waals surface area contributed by atoms with Crippen molar-refractivity contribution in [3.8, 4) is 0 Å². The van der Waals surface area contributed by atoms with Crippen LogP contribution in [0.4, 0.5) is 0 Å². The van der Waals surface area contributed by atoms with E-state index in [1.54, 1.807) is 0 Å². The van der Waals surface area contributed by atoms with Gasteiger partial charge in [0.05, 0.1) is 12.7 Å². The summed E-state index contributed by atoms with van der Waals surface area (Å²) in [4.78, 5) is 0. The molecular formula is C6H16Cl2O5. The molecule has 0 saturated carbocycles. The number of halogens is 2. The zero-order chi connectivity index (χ0) is 8.85. The van der Waals surface area contributed by atoms with Gasteiger partial charge in [0.2, 0.25) is 0 Å². The van der Waals surface area contributed by atoms with E-state index in [1.165, 1.54) is 0 Å². The Hall–Kier alpha value is 0.380. The SMILES string of the molecule is Cl.Cl.OCC[C@@H](O)[C@H](O)[C@H](O)CO. The van der Waals surface area contributed by atoms with Gasteiger partial charge in [0.15, 0.2) is 0 Å². The van der Waals surface area contributed by atoms with E-state index in [-0.39, 0.29) is 37.8 Å². The van der Waals surface area contributed by atoms with Gasteiger partial charge in [-0.25, -0.2) is 0 Å². The van der Waals surface area contributed by atoms with Crippen LogP contribution in [0, 0.1) is 0 Å². The van der Waals surface area contributed by atoms with Crippen LogP contribution in [0.25, 0.3) is 0 Å². The van der Waals surface area contributed by atoms with Gasteiger partial charge in [0.1, 0.15) is 12.2 Å². The summed E-state index contributed by atoms with van der Waals surface area (Å²) in [5.74, 6) is 0. The van der Waals surface area contributed by atoms with Crippen LogP contribution >= 0.6 is 24.8 Å². The Balaban J connectivity index is -0.000000500. The van der Waals surface area contributed by atoms with Gasteiger partial charge >= 0.3 is 0 Å². The first-order chi connectivity index (χ1) is 5.13. The zero-order valence-electron chi connectivity index (χ0n) is 6.91. The molecular weight excluding hydrogens is 223 g/mol. The van der Waals surface area contributed by atoms with Crippen molar-refractivity contribution in [2.45, 2.75) is 24.7 Å². The maximum Gasteiger partial charge on any atom is 0.108 e. The Kier molecular flexibility index (Phi) is 15.3. The topological polar surface area (TPSA) is 101 Å². The third-order valence-electron chi connectivity index (χ3n) is 1.40. The molecule has 0 aliphatic carbocycles. The number of hydrogen-bond acceptors (Lipinski definition) is 5. The van der Waals surface area contributed by atoms with Crippen molar-refractivity contribution in [3.63, 3.8) is 0 Å². The lowest BCUT2D eigenvalue weighted by atomic mass is 10.1. The van der Waals surface area contributed by atoms with E-state index in [1.807, 2.05) is 0 Å². The van der Waals surface area contributed by atoms with Crippen LogP contribution in [0.3, 0.4) is 0 Å². The van der Waals surface area contributed by atoms with Crippen LogP contribution in [-0.2, 0) is 0 Å². The maximum atomic E-state index is 8.95. The average molecular weight is 239 g/mol. The molecule has 7 heteroatoms. The molecule has 0 aromatic carbocycles. The van der Waals surface area contributed by atoms with Gasteiger partial charge in [-0.1, -0.05) is 0 Å². The minimum absolute atomic E-state index is 0. The molecule has 5 N–H and O–H groups in total. The zero-order valence-corrected chi connectivity index (χ0v) is 8.54. The standard InChI is InChI=1S/C6H14O5.2ClH/c7-2-1-4(9)6(11)5(10)3-8;;/h4-11H,1-3H2;2*1H/t4-,5-,6+;;/m1../s1. The molecule has 0 bridgehead atoms. The van der Waals surface area contributed by atoms with Gasteiger partial charge in [0.25, 0.3) is 0 Å². The second-order valence-corrected chi connectivity index (χ2v) is 2.32. The van der Waals surface area contributed by atoms with Crippen molar-refractivity contribution in [2.75, 3.05) is 13.2 Å². The van der Waals surface area contributed by atoms with Gasteiger partial charge in [0, 0.05) is 6.61 Å². The molecule has 0 unspecified atom stereocenters. The number of rotatable bonds is 5. The van der Waals surface area contributed by atoms with E-state index < -0.39 is 24.9 Å². The van der Waals surface area contributed by atoms with Gasteiger partial charge in [-0.3, -0.25) is 0 Å². The van der Waals surface area contributed by atoms with Crippen molar-refractivity contribution in [2.24, 2.45) is 0 Å². The Bertz CT molecular complexity index is 105. The summed E-state index contributed by atoms with van der Waals surface area (Å²) in [6.07, 6.45) is -3.95. The summed E-state index contributed by atoms with van der Waals surface area (Å²) >= 11 is 0. The fourth-order valence-corrected chi connectivity index (χ4v) is 0.667. The van der Waals surface area contributed by atoms with Gasteiger partial charge in [-0.2, -0.15) is 0 Å². The van der Waals surface area contributed by atoms with E-state index in [4.69, 9.17) is 25.5 Å². The Labute approximate surface area is 88.8 Å². The largest absolute Gasteiger partial charge is 0.396 e. The molecule has 0 spiro atoms. The maximum absolute atomic E-state index is 8.95. The van der Waals surface area contributed by atoms with E-state index >= 15 is 0 Å². The summed E-state index contributed by atoms with van der Waals surface area (Å²) in [6, 6.07) is 0. The molecule has 0 aliphatic rings. The molecule has 0 radical (unpaired) electrons. The van der Waals surface area contributed by atoms with Crippen LogP contribution in [0.2, 0.25) is 0 Å². The van der Waals surface area contributed by atoms with E-state index in [9.17, 15) is 0 Å². The van der Waals surface area contributed by atoms with E-state index in [0.29, 0.717) is 0 Å². The smallest absolute Gasteiger partial charge is 0.108 e. The molecule has 3 atom stereocenters. The molecule has 84 valence electrons. The molecule has 13 heavy (non-hydrogen) atoms. The number of hydrogen-bond donors (Lipinski definition) is 5. The summed E-state index contributed by atoms with van der Waals surface area (Å²) < 4.78 is 0. The van der Waals surface area contributed by atoms with Gasteiger partial charge < -0.3 is 25.5 Å². The van der Waals surface area contributed by atoms with E-state index in [2.05, 4.69) is 0 Å². The second kappa shape index (κ2) is 10.5. The monoisotopic (exact) mass is 238 g/mol. The first-order valence-corrected chi connectivity index (χ1v) is 3.39. The van der Waals surface area contributed by atoms with Crippen molar-refractivity contribution in [3.05, 3.63) is 0 Å². The van der Waals surface area contributed by atoms with Crippen LogP contribution in [-0.4, -0.2) is 57.1 Å². The number of aliphatic hydroxyl groups excluding tert-OH is 5. The Morgan fingerprint density at radius 2 is 1.31 bits per heavy atom. The molecule has 0 aliphatic heterocycles. The Morgan fingerprint density at radius 1 is 0.846 bits per heavy atom. The summed E-state index contributed by atoms with van der Waals surface area (Å²) in [6.45, 7) is -0.875. The molecule has 0 rings (SSSR count). The summed E-state index contributed by atoms with van der Waals surface area (Å²) in [5, 5.41) is 43.3. The fraction of sp³-hybridized carbons (Fsp3) is 1.00. The normalized spacial score (nSPS) is 16.4. The van der Waals surface area contributed by atoms with Crippen LogP contribution in [0.15, 0.2) is 0 Å². The van der Waals surface area contributed by atoms with Crippen molar-refractivity contribution < 1.29 is 25.5 Å². The highest BCUT2D eigenvalue weighted by Gasteiger charge is 2.22. The van der Waals surface area contributed by atoms with Crippen LogP contribution in [0.5, 0.6) is 0 Å². The molecule has 0 aromatic heterocycles. The van der Waals surface area contributed by atoms with Crippen molar-refractivity contribution in [1.29, 1.82) is 0 Å². The van der Waals surface area contributed by atoms with Crippen molar-refractivity contribution >= 4 is 24.8 Å². The first-order valence-electron chi connectivity index (χ1n) is 3.39. The third-order valence-corrected chi connectivity index (χ3v) is 1.40. The van der Waals surface area contributed by atoms with Gasteiger partial charge in [-0.15, -0.1) is 24.8 Å². The van der Waals surface area contributed by atoms with Crippen LogP contribution < -0.4 is 0 Å². The molecule has 0 heterocycles. The minimum Gasteiger partial charge on any atom is -0.396 e. The number of aliphatic hydroxyl groups is 5. The van der Waals surface area contributed by atoms with Crippen LogP contribution in [0.1, 0.15) is 6.42 Å². The molecule has 0 saturated heterocycles. The summed E-state index contributed by atoms with van der Waals surface area (Å²) in [5.41, 5.74) is 0. The fourth-order valence-electron chi connectivity index (χ4n) is 0.667.